The highest BCUT2D eigenvalue weighted by atomic mass is 16.5. The lowest BCUT2D eigenvalue weighted by Gasteiger charge is -2.13. The average molecular weight is 358 g/mol. The van der Waals surface area contributed by atoms with Crippen LogP contribution in [0.25, 0.3) is 0 Å². The van der Waals surface area contributed by atoms with Crippen molar-refractivity contribution in [3.8, 4) is 23.3 Å². The van der Waals surface area contributed by atoms with Crippen LogP contribution in [0.3, 0.4) is 0 Å². The van der Waals surface area contributed by atoms with E-state index in [4.69, 9.17) is 14.7 Å². The maximum atomic E-state index is 12.5. The molecule has 0 aliphatic rings. The summed E-state index contributed by atoms with van der Waals surface area (Å²) in [6.07, 6.45) is 0. The van der Waals surface area contributed by atoms with Gasteiger partial charge in [0.05, 0.1) is 23.9 Å². The topological polar surface area (TPSA) is 71.3 Å². The lowest BCUT2D eigenvalue weighted by Crippen LogP contribution is -2.12. The Balaban J connectivity index is 1.75. The molecule has 0 radical (unpaired) electrons. The molecule has 0 fully saturated rings. The van der Waals surface area contributed by atoms with Crippen LogP contribution in [0.15, 0.2) is 72.8 Å². The van der Waals surface area contributed by atoms with Gasteiger partial charge in [-0.1, -0.05) is 12.1 Å². The van der Waals surface area contributed by atoms with Crippen molar-refractivity contribution in [1.29, 1.82) is 5.26 Å². The summed E-state index contributed by atoms with van der Waals surface area (Å²) >= 11 is 0. The zero-order valence-corrected chi connectivity index (χ0v) is 14.8. The predicted octanol–water partition coefficient (Wildman–Crippen LogP) is 5.00. The number of benzene rings is 3. The molecule has 0 heterocycles. The number of hydrogen-bond acceptors (Lipinski definition) is 4. The SMILES string of the molecule is CCOc1ccc(Oc2ccccc2NC(=O)c2ccc(C#N)cc2)cc1. The van der Waals surface area contributed by atoms with Crippen molar-refractivity contribution in [3.63, 3.8) is 0 Å². The standard InChI is InChI=1S/C22H18N2O3/c1-2-26-18-11-13-19(14-12-18)27-21-6-4-3-5-20(21)24-22(25)17-9-7-16(15-23)8-10-17/h3-14H,2H2,1H3,(H,24,25). The Kier molecular flexibility index (Phi) is 5.70. The highest BCUT2D eigenvalue weighted by molar-refractivity contribution is 6.05. The van der Waals surface area contributed by atoms with Crippen molar-refractivity contribution in [3.05, 3.63) is 83.9 Å². The van der Waals surface area contributed by atoms with E-state index < -0.39 is 0 Å². The first-order valence-electron chi connectivity index (χ1n) is 8.51. The molecule has 0 aliphatic heterocycles. The molecule has 27 heavy (non-hydrogen) atoms. The van der Waals surface area contributed by atoms with E-state index in [1.165, 1.54) is 0 Å². The van der Waals surface area contributed by atoms with Gasteiger partial charge in [-0.25, -0.2) is 0 Å². The van der Waals surface area contributed by atoms with Gasteiger partial charge in [-0.3, -0.25) is 4.79 Å². The first kappa shape index (κ1) is 18.0. The molecule has 0 bridgehead atoms. The molecule has 0 saturated heterocycles. The molecule has 0 aromatic heterocycles. The second kappa shape index (κ2) is 8.54. The monoisotopic (exact) mass is 358 g/mol. The van der Waals surface area contributed by atoms with Gasteiger partial charge >= 0.3 is 0 Å². The number of rotatable bonds is 6. The highest BCUT2D eigenvalue weighted by Gasteiger charge is 2.10. The quantitative estimate of drug-likeness (QED) is 0.673. The average Bonchev–Trinajstić information content (AvgIpc) is 2.71. The third-order valence-corrected chi connectivity index (χ3v) is 3.77. The molecule has 0 saturated carbocycles. The summed E-state index contributed by atoms with van der Waals surface area (Å²) in [6, 6.07) is 23.0. The summed E-state index contributed by atoms with van der Waals surface area (Å²) in [5, 5.41) is 11.7. The van der Waals surface area contributed by atoms with Crippen LogP contribution in [0.2, 0.25) is 0 Å². The summed E-state index contributed by atoms with van der Waals surface area (Å²) in [6.45, 7) is 2.53. The molecule has 1 N–H and O–H groups in total. The van der Waals surface area contributed by atoms with E-state index in [1.807, 2.05) is 49.4 Å². The minimum Gasteiger partial charge on any atom is -0.494 e. The lowest BCUT2D eigenvalue weighted by atomic mass is 10.1. The second-order valence-electron chi connectivity index (χ2n) is 5.65. The summed E-state index contributed by atoms with van der Waals surface area (Å²) in [7, 11) is 0. The number of nitrogens with zero attached hydrogens (tertiary/aromatic N) is 1. The van der Waals surface area contributed by atoms with Gasteiger partial charge in [-0.2, -0.15) is 5.26 Å². The fourth-order valence-corrected chi connectivity index (χ4v) is 2.45. The Morgan fingerprint density at radius 3 is 2.30 bits per heavy atom. The van der Waals surface area contributed by atoms with Crippen molar-refractivity contribution in [1.82, 2.24) is 0 Å². The molecular weight excluding hydrogens is 340 g/mol. The van der Waals surface area contributed by atoms with Crippen molar-refractivity contribution < 1.29 is 14.3 Å². The molecule has 0 aliphatic carbocycles. The van der Waals surface area contributed by atoms with Crippen LogP contribution in [0.5, 0.6) is 17.2 Å². The van der Waals surface area contributed by atoms with Gasteiger partial charge in [-0.15, -0.1) is 0 Å². The Morgan fingerprint density at radius 2 is 1.63 bits per heavy atom. The third kappa shape index (κ3) is 4.65. The number of para-hydroxylation sites is 2. The summed E-state index contributed by atoms with van der Waals surface area (Å²) < 4.78 is 11.3. The van der Waals surface area contributed by atoms with Crippen LogP contribution in [-0.4, -0.2) is 12.5 Å². The maximum absolute atomic E-state index is 12.5. The van der Waals surface area contributed by atoms with E-state index in [2.05, 4.69) is 5.32 Å². The maximum Gasteiger partial charge on any atom is 0.255 e. The first-order valence-corrected chi connectivity index (χ1v) is 8.51. The molecule has 5 heteroatoms. The summed E-state index contributed by atoms with van der Waals surface area (Å²) in [5.41, 5.74) is 1.52. The van der Waals surface area contributed by atoms with Gasteiger partial charge in [0, 0.05) is 5.56 Å². The van der Waals surface area contributed by atoms with E-state index in [-0.39, 0.29) is 5.91 Å². The van der Waals surface area contributed by atoms with Crippen molar-refractivity contribution in [2.45, 2.75) is 6.92 Å². The number of hydrogen-bond donors (Lipinski definition) is 1. The lowest BCUT2D eigenvalue weighted by molar-refractivity contribution is 0.102. The number of ether oxygens (including phenoxy) is 2. The number of nitrogens with one attached hydrogen (secondary N) is 1. The molecule has 3 rings (SSSR count). The van der Waals surface area contributed by atoms with Crippen LogP contribution >= 0.6 is 0 Å². The largest absolute Gasteiger partial charge is 0.494 e. The molecule has 0 unspecified atom stereocenters. The molecule has 3 aromatic carbocycles. The van der Waals surface area contributed by atoms with Crippen LogP contribution in [0.1, 0.15) is 22.8 Å². The fraction of sp³-hybridized carbons (Fsp3) is 0.0909. The van der Waals surface area contributed by atoms with E-state index in [1.54, 1.807) is 36.4 Å². The Hall–Kier alpha value is -3.78. The summed E-state index contributed by atoms with van der Waals surface area (Å²) in [4.78, 5) is 12.5. The molecule has 5 nitrogen and oxygen atoms in total. The molecule has 0 spiro atoms. The normalized spacial score (nSPS) is 9.93. The second-order valence-corrected chi connectivity index (χ2v) is 5.65. The zero-order chi connectivity index (χ0) is 19.1. The Labute approximate surface area is 157 Å². The van der Waals surface area contributed by atoms with E-state index >= 15 is 0 Å². The first-order chi connectivity index (χ1) is 13.2. The van der Waals surface area contributed by atoms with Crippen LogP contribution in [-0.2, 0) is 0 Å². The summed E-state index contributed by atoms with van der Waals surface area (Å²) in [5.74, 6) is 1.66. The van der Waals surface area contributed by atoms with Crippen LogP contribution in [0, 0.1) is 11.3 Å². The highest BCUT2D eigenvalue weighted by Crippen LogP contribution is 2.30. The Morgan fingerprint density at radius 1 is 0.963 bits per heavy atom. The van der Waals surface area contributed by atoms with E-state index in [0.29, 0.717) is 34.9 Å². The number of amides is 1. The van der Waals surface area contributed by atoms with Gasteiger partial charge in [0.15, 0.2) is 5.75 Å². The number of carbonyl (C=O) groups is 1. The van der Waals surface area contributed by atoms with E-state index in [0.717, 1.165) is 5.75 Å². The van der Waals surface area contributed by atoms with Crippen molar-refractivity contribution in [2.24, 2.45) is 0 Å². The smallest absolute Gasteiger partial charge is 0.255 e. The van der Waals surface area contributed by atoms with Crippen LogP contribution in [0.4, 0.5) is 5.69 Å². The van der Waals surface area contributed by atoms with Gasteiger partial charge < -0.3 is 14.8 Å². The minimum atomic E-state index is -0.276. The predicted molar refractivity (Wildman–Crippen MR) is 103 cm³/mol. The van der Waals surface area contributed by atoms with Crippen LogP contribution < -0.4 is 14.8 Å². The van der Waals surface area contributed by atoms with Crippen molar-refractivity contribution >= 4 is 11.6 Å². The number of nitriles is 1. The Bertz CT molecular complexity index is 958. The molecule has 0 atom stereocenters. The number of anilines is 1. The molecule has 1 amide bonds. The van der Waals surface area contributed by atoms with Crippen molar-refractivity contribution in [2.75, 3.05) is 11.9 Å². The van der Waals surface area contributed by atoms with E-state index in [9.17, 15) is 4.79 Å². The van der Waals surface area contributed by atoms with Gasteiger partial charge in [-0.05, 0) is 67.6 Å². The van der Waals surface area contributed by atoms with Gasteiger partial charge in [0.2, 0.25) is 0 Å². The zero-order valence-electron chi connectivity index (χ0n) is 14.8. The van der Waals surface area contributed by atoms with Gasteiger partial charge in [0.1, 0.15) is 11.5 Å². The molecular formula is C22H18N2O3. The molecule has 134 valence electrons. The number of carbonyl (C=O) groups excluding carboxylic acids is 1. The minimum absolute atomic E-state index is 0.276. The fourth-order valence-electron chi connectivity index (χ4n) is 2.45. The van der Waals surface area contributed by atoms with Gasteiger partial charge in [0.25, 0.3) is 5.91 Å². The third-order valence-electron chi connectivity index (χ3n) is 3.77. The molecule has 3 aromatic rings.